The number of aliphatic hydroxyl groups excluding tert-OH is 1. The molecule has 1 aliphatic rings. The monoisotopic (exact) mass is 270 g/mol. The maximum absolute atomic E-state index is 9.82. The zero-order chi connectivity index (χ0) is 13.4. The largest absolute Gasteiger partial charge is 0.393 e. The van der Waals surface area contributed by atoms with E-state index in [1.807, 2.05) is 0 Å². The second kappa shape index (κ2) is 7.95. The molecule has 0 aromatic rings. The van der Waals surface area contributed by atoms with Crippen LogP contribution in [0.3, 0.4) is 0 Å². The fourth-order valence-electron chi connectivity index (χ4n) is 1.80. The molecule has 4 heteroatoms. The van der Waals surface area contributed by atoms with Gasteiger partial charge in [0.2, 0.25) is 0 Å². The van der Waals surface area contributed by atoms with Gasteiger partial charge in [0.05, 0.1) is 19.3 Å². The highest BCUT2D eigenvalue weighted by Gasteiger charge is 2.17. The lowest BCUT2D eigenvalue weighted by molar-refractivity contribution is -0.0543. The molecular formula is C14H26O3Si. The van der Waals surface area contributed by atoms with Crippen molar-refractivity contribution in [2.45, 2.75) is 64.1 Å². The van der Waals surface area contributed by atoms with Crippen LogP contribution < -0.4 is 0 Å². The third-order valence-electron chi connectivity index (χ3n) is 2.73. The van der Waals surface area contributed by atoms with Gasteiger partial charge in [0.15, 0.2) is 6.29 Å². The summed E-state index contributed by atoms with van der Waals surface area (Å²) in [5.41, 5.74) is 3.34. The summed E-state index contributed by atoms with van der Waals surface area (Å²) in [6.45, 7) is 8.11. The molecule has 1 aliphatic heterocycles. The lowest BCUT2D eigenvalue weighted by Gasteiger charge is -2.12. The van der Waals surface area contributed by atoms with Crippen LogP contribution in [0.4, 0.5) is 0 Å². The minimum Gasteiger partial charge on any atom is -0.393 e. The van der Waals surface area contributed by atoms with Crippen LogP contribution >= 0.6 is 0 Å². The van der Waals surface area contributed by atoms with E-state index in [1.165, 1.54) is 0 Å². The smallest absolute Gasteiger partial charge is 0.157 e. The number of rotatable bonds is 6. The van der Waals surface area contributed by atoms with Gasteiger partial charge in [0, 0.05) is 12.8 Å². The van der Waals surface area contributed by atoms with Gasteiger partial charge in [0.1, 0.15) is 8.07 Å². The van der Waals surface area contributed by atoms with Crippen LogP contribution in [0.15, 0.2) is 0 Å². The highest BCUT2D eigenvalue weighted by atomic mass is 28.3. The molecule has 0 aliphatic carbocycles. The van der Waals surface area contributed by atoms with Gasteiger partial charge in [0.25, 0.3) is 0 Å². The fourth-order valence-corrected chi connectivity index (χ4v) is 2.46. The Morgan fingerprint density at radius 2 is 1.89 bits per heavy atom. The zero-order valence-corrected chi connectivity index (χ0v) is 12.9. The Labute approximate surface area is 112 Å². The van der Waals surface area contributed by atoms with Crippen molar-refractivity contribution in [3.05, 3.63) is 0 Å². The molecule has 1 unspecified atom stereocenters. The molecule has 0 radical (unpaired) electrons. The molecule has 1 fully saturated rings. The summed E-state index contributed by atoms with van der Waals surface area (Å²) < 4.78 is 10.7. The maximum Gasteiger partial charge on any atom is 0.157 e. The number of hydrogen-bond donors (Lipinski definition) is 1. The minimum atomic E-state index is -1.22. The van der Waals surface area contributed by atoms with Gasteiger partial charge >= 0.3 is 0 Å². The Hall–Kier alpha value is -0.343. The molecule has 0 amide bonds. The number of hydrogen-bond acceptors (Lipinski definition) is 3. The van der Waals surface area contributed by atoms with E-state index in [2.05, 4.69) is 31.1 Å². The van der Waals surface area contributed by atoms with E-state index in [1.54, 1.807) is 0 Å². The molecule has 18 heavy (non-hydrogen) atoms. The summed E-state index contributed by atoms with van der Waals surface area (Å²) in [6, 6.07) is 0. The molecule has 1 heterocycles. The SMILES string of the molecule is C[Si](C)(C)C#CCCCC(O)CCC1OCCO1. The Morgan fingerprint density at radius 3 is 2.50 bits per heavy atom. The van der Waals surface area contributed by atoms with Crippen LogP contribution in [0, 0.1) is 11.5 Å². The number of unbranched alkanes of at least 4 members (excludes halogenated alkanes) is 1. The summed E-state index contributed by atoms with van der Waals surface area (Å²) in [5, 5.41) is 9.82. The molecular weight excluding hydrogens is 244 g/mol. The second-order valence-corrected chi connectivity index (χ2v) is 10.6. The van der Waals surface area contributed by atoms with Crippen molar-refractivity contribution in [1.82, 2.24) is 0 Å². The van der Waals surface area contributed by atoms with Crippen molar-refractivity contribution in [1.29, 1.82) is 0 Å². The van der Waals surface area contributed by atoms with Gasteiger partial charge in [-0.25, -0.2) is 0 Å². The Kier molecular flexibility index (Phi) is 6.94. The molecule has 0 aromatic carbocycles. The first-order chi connectivity index (χ1) is 8.47. The van der Waals surface area contributed by atoms with Gasteiger partial charge < -0.3 is 14.6 Å². The van der Waals surface area contributed by atoms with Gasteiger partial charge in [-0.3, -0.25) is 0 Å². The minimum absolute atomic E-state index is 0.0914. The topological polar surface area (TPSA) is 38.7 Å². The van der Waals surface area contributed by atoms with Crippen LogP contribution in [-0.4, -0.2) is 38.8 Å². The Balaban J connectivity index is 2.02. The molecule has 0 saturated carbocycles. The predicted molar refractivity (Wildman–Crippen MR) is 75.9 cm³/mol. The van der Waals surface area contributed by atoms with Gasteiger partial charge in [-0.2, -0.15) is 0 Å². The zero-order valence-electron chi connectivity index (χ0n) is 11.9. The molecule has 3 nitrogen and oxygen atoms in total. The Morgan fingerprint density at radius 1 is 1.22 bits per heavy atom. The fraction of sp³-hybridized carbons (Fsp3) is 0.857. The summed E-state index contributed by atoms with van der Waals surface area (Å²) >= 11 is 0. The average molecular weight is 270 g/mol. The third kappa shape index (κ3) is 7.88. The van der Waals surface area contributed by atoms with Crippen LogP contribution in [0.25, 0.3) is 0 Å². The van der Waals surface area contributed by atoms with E-state index < -0.39 is 8.07 Å². The van der Waals surface area contributed by atoms with Crippen LogP contribution in [0.5, 0.6) is 0 Å². The quantitative estimate of drug-likeness (QED) is 0.458. The first kappa shape index (κ1) is 15.7. The third-order valence-corrected chi connectivity index (χ3v) is 3.66. The van der Waals surface area contributed by atoms with Crippen LogP contribution in [-0.2, 0) is 9.47 Å². The molecule has 1 atom stereocenters. The first-order valence-electron chi connectivity index (χ1n) is 6.89. The van der Waals surface area contributed by atoms with E-state index >= 15 is 0 Å². The molecule has 1 saturated heterocycles. The van der Waals surface area contributed by atoms with Crippen molar-refractivity contribution in [2.24, 2.45) is 0 Å². The molecule has 1 N–H and O–H groups in total. The van der Waals surface area contributed by atoms with Gasteiger partial charge in [-0.1, -0.05) is 19.6 Å². The van der Waals surface area contributed by atoms with Crippen molar-refractivity contribution < 1.29 is 14.6 Å². The lowest BCUT2D eigenvalue weighted by Crippen LogP contribution is -2.16. The molecule has 104 valence electrons. The van der Waals surface area contributed by atoms with E-state index in [0.717, 1.165) is 32.1 Å². The summed E-state index contributed by atoms with van der Waals surface area (Å²) in [5.74, 6) is 3.23. The van der Waals surface area contributed by atoms with Gasteiger partial charge in [-0.05, 0) is 19.3 Å². The summed E-state index contributed by atoms with van der Waals surface area (Å²) in [6.07, 6.45) is 3.92. The highest BCUT2D eigenvalue weighted by Crippen LogP contribution is 2.14. The number of ether oxygens (including phenoxy) is 2. The second-order valence-electron chi connectivity index (χ2n) is 5.85. The Bertz CT molecular complexity index is 282. The molecule has 0 bridgehead atoms. The average Bonchev–Trinajstić information content (AvgIpc) is 2.77. The summed E-state index contributed by atoms with van der Waals surface area (Å²) in [4.78, 5) is 0. The van der Waals surface area contributed by atoms with Crippen LogP contribution in [0.1, 0.15) is 32.1 Å². The lowest BCUT2D eigenvalue weighted by atomic mass is 10.1. The first-order valence-corrected chi connectivity index (χ1v) is 10.4. The molecule has 0 spiro atoms. The van der Waals surface area contributed by atoms with Crippen LogP contribution in [0.2, 0.25) is 19.6 Å². The highest BCUT2D eigenvalue weighted by molar-refractivity contribution is 6.83. The molecule has 0 aromatic heterocycles. The van der Waals surface area contributed by atoms with E-state index in [0.29, 0.717) is 13.2 Å². The van der Waals surface area contributed by atoms with Gasteiger partial charge in [-0.15, -0.1) is 11.5 Å². The van der Waals surface area contributed by atoms with Crippen molar-refractivity contribution >= 4 is 8.07 Å². The predicted octanol–water partition coefficient (Wildman–Crippen LogP) is 2.55. The number of aliphatic hydroxyl groups is 1. The van der Waals surface area contributed by atoms with E-state index in [-0.39, 0.29) is 12.4 Å². The van der Waals surface area contributed by atoms with Crippen molar-refractivity contribution in [3.63, 3.8) is 0 Å². The van der Waals surface area contributed by atoms with Crippen molar-refractivity contribution in [3.8, 4) is 11.5 Å². The molecule has 1 rings (SSSR count). The normalized spacial score (nSPS) is 18.4. The van der Waals surface area contributed by atoms with Crippen molar-refractivity contribution in [2.75, 3.05) is 13.2 Å². The standard InChI is InChI=1S/C14H26O3Si/c1-18(2,3)12-6-4-5-7-13(15)8-9-14-16-10-11-17-14/h13-15H,4-5,7-11H2,1-3H3. The maximum atomic E-state index is 9.82. The van der Waals surface area contributed by atoms with E-state index in [4.69, 9.17) is 9.47 Å². The summed E-state index contributed by atoms with van der Waals surface area (Å²) in [7, 11) is -1.22. The van der Waals surface area contributed by atoms with E-state index in [9.17, 15) is 5.11 Å².